The average molecular weight is 484 g/mol. The van der Waals surface area contributed by atoms with E-state index < -0.39 is 29.3 Å². The van der Waals surface area contributed by atoms with E-state index in [0.717, 1.165) is 36.3 Å². The number of alkyl halides is 3. The molecule has 1 aliphatic heterocycles. The lowest BCUT2D eigenvalue weighted by Crippen LogP contribution is -2.36. The Kier molecular flexibility index (Phi) is 6.53. The number of carbonyl (C=O) groups excluding carboxylic acids is 1. The Morgan fingerprint density at radius 1 is 1.24 bits per heavy atom. The van der Waals surface area contributed by atoms with E-state index in [4.69, 9.17) is 5.73 Å². The SMILES string of the molecule is NCC1CCN(c2cc(C(F)(F)F)c3scc(C(=O)NCc4cccc(F)c4F)c3n2)CC1. The molecule has 3 heterocycles. The third-order valence-electron chi connectivity index (χ3n) is 5.80. The number of anilines is 1. The number of piperidine rings is 1. The van der Waals surface area contributed by atoms with Crippen LogP contribution in [0.25, 0.3) is 10.2 Å². The number of nitrogens with zero attached hydrogens (tertiary/aromatic N) is 2. The molecule has 0 bridgehead atoms. The largest absolute Gasteiger partial charge is 0.417 e. The monoisotopic (exact) mass is 484 g/mol. The number of benzene rings is 1. The fourth-order valence-electron chi connectivity index (χ4n) is 3.88. The number of rotatable bonds is 5. The molecule has 33 heavy (non-hydrogen) atoms. The number of hydrogen-bond acceptors (Lipinski definition) is 5. The molecule has 0 spiro atoms. The number of amides is 1. The number of fused-ring (bicyclic) bond motifs is 1. The van der Waals surface area contributed by atoms with Crippen LogP contribution >= 0.6 is 11.3 Å². The summed E-state index contributed by atoms with van der Waals surface area (Å²) in [6.07, 6.45) is -3.14. The first kappa shape index (κ1) is 23.4. The van der Waals surface area contributed by atoms with E-state index in [9.17, 15) is 26.7 Å². The fraction of sp³-hybridized carbons (Fsp3) is 0.364. The van der Waals surface area contributed by atoms with E-state index in [1.807, 2.05) is 0 Å². The number of carbonyl (C=O) groups is 1. The summed E-state index contributed by atoms with van der Waals surface area (Å²) in [5.41, 5.74) is 4.66. The molecule has 1 fully saturated rings. The summed E-state index contributed by atoms with van der Waals surface area (Å²) >= 11 is 0.770. The predicted molar refractivity (Wildman–Crippen MR) is 116 cm³/mol. The third-order valence-corrected chi connectivity index (χ3v) is 6.80. The van der Waals surface area contributed by atoms with E-state index in [1.165, 1.54) is 17.5 Å². The van der Waals surface area contributed by atoms with Crippen molar-refractivity contribution in [2.75, 3.05) is 24.5 Å². The highest BCUT2D eigenvalue weighted by Crippen LogP contribution is 2.40. The van der Waals surface area contributed by atoms with Gasteiger partial charge in [0.25, 0.3) is 5.91 Å². The number of nitrogens with one attached hydrogen (secondary N) is 1. The second-order valence-corrected chi connectivity index (χ2v) is 8.79. The molecule has 0 aliphatic carbocycles. The van der Waals surface area contributed by atoms with Gasteiger partial charge in [-0.3, -0.25) is 4.79 Å². The lowest BCUT2D eigenvalue weighted by Gasteiger charge is -2.32. The van der Waals surface area contributed by atoms with Crippen molar-refractivity contribution in [1.29, 1.82) is 0 Å². The highest BCUT2D eigenvalue weighted by Gasteiger charge is 2.36. The average Bonchev–Trinajstić information content (AvgIpc) is 3.22. The highest BCUT2D eigenvalue weighted by atomic mass is 32.1. The quantitative estimate of drug-likeness (QED) is 0.515. The Balaban J connectivity index is 1.66. The Labute approximate surface area is 190 Å². The van der Waals surface area contributed by atoms with Gasteiger partial charge in [-0.05, 0) is 37.4 Å². The molecule has 5 nitrogen and oxygen atoms in total. The first-order valence-electron chi connectivity index (χ1n) is 10.3. The van der Waals surface area contributed by atoms with Gasteiger partial charge >= 0.3 is 6.18 Å². The van der Waals surface area contributed by atoms with Gasteiger partial charge in [-0.1, -0.05) is 12.1 Å². The minimum Gasteiger partial charge on any atom is -0.357 e. The van der Waals surface area contributed by atoms with Crippen molar-refractivity contribution in [3.05, 3.63) is 58.0 Å². The van der Waals surface area contributed by atoms with Crippen LogP contribution in [0.3, 0.4) is 0 Å². The molecule has 3 aromatic rings. The topological polar surface area (TPSA) is 71.2 Å². The summed E-state index contributed by atoms with van der Waals surface area (Å²) < 4.78 is 68.5. The second kappa shape index (κ2) is 9.22. The second-order valence-electron chi connectivity index (χ2n) is 7.91. The van der Waals surface area contributed by atoms with Crippen LogP contribution in [-0.2, 0) is 12.7 Å². The van der Waals surface area contributed by atoms with Gasteiger partial charge in [-0.2, -0.15) is 13.2 Å². The molecule has 1 aromatic carbocycles. The van der Waals surface area contributed by atoms with Gasteiger partial charge < -0.3 is 16.0 Å². The minimum atomic E-state index is -4.63. The van der Waals surface area contributed by atoms with Gasteiger partial charge in [0.2, 0.25) is 0 Å². The van der Waals surface area contributed by atoms with Crippen LogP contribution < -0.4 is 16.0 Å². The number of pyridine rings is 1. The van der Waals surface area contributed by atoms with Gasteiger partial charge in [0.1, 0.15) is 5.82 Å². The zero-order chi connectivity index (χ0) is 23.8. The third kappa shape index (κ3) is 4.79. The molecule has 1 amide bonds. The van der Waals surface area contributed by atoms with Crippen molar-refractivity contribution in [1.82, 2.24) is 10.3 Å². The lowest BCUT2D eigenvalue weighted by molar-refractivity contribution is -0.136. The molecule has 11 heteroatoms. The summed E-state index contributed by atoms with van der Waals surface area (Å²) in [4.78, 5) is 18.9. The Bertz CT molecular complexity index is 1170. The lowest BCUT2D eigenvalue weighted by atomic mass is 9.97. The van der Waals surface area contributed by atoms with Crippen LogP contribution in [-0.4, -0.2) is 30.5 Å². The van der Waals surface area contributed by atoms with E-state index in [0.29, 0.717) is 25.6 Å². The van der Waals surface area contributed by atoms with Crippen LogP contribution in [0.2, 0.25) is 0 Å². The van der Waals surface area contributed by atoms with E-state index in [-0.39, 0.29) is 33.7 Å². The Hall–Kier alpha value is -2.79. The van der Waals surface area contributed by atoms with Gasteiger partial charge in [0.05, 0.1) is 21.3 Å². The molecule has 1 saturated heterocycles. The number of nitrogens with two attached hydrogens (primary N) is 1. The van der Waals surface area contributed by atoms with Crippen molar-refractivity contribution >= 4 is 33.3 Å². The Morgan fingerprint density at radius 3 is 2.64 bits per heavy atom. The number of halogens is 5. The van der Waals surface area contributed by atoms with Crippen LogP contribution in [0.1, 0.15) is 34.3 Å². The van der Waals surface area contributed by atoms with Crippen LogP contribution in [0.15, 0.2) is 29.6 Å². The first-order chi connectivity index (χ1) is 15.7. The van der Waals surface area contributed by atoms with E-state index in [1.54, 1.807) is 4.90 Å². The highest BCUT2D eigenvalue weighted by molar-refractivity contribution is 7.17. The molecule has 0 radical (unpaired) electrons. The Morgan fingerprint density at radius 2 is 1.97 bits per heavy atom. The molecule has 0 unspecified atom stereocenters. The maximum absolute atomic E-state index is 13.9. The van der Waals surface area contributed by atoms with Crippen LogP contribution in [0.4, 0.5) is 27.8 Å². The van der Waals surface area contributed by atoms with Crippen molar-refractivity contribution in [3.8, 4) is 0 Å². The predicted octanol–water partition coefficient (Wildman–Crippen LogP) is 4.70. The molecule has 3 N–H and O–H groups in total. The maximum atomic E-state index is 13.9. The molecule has 176 valence electrons. The molecule has 4 rings (SSSR count). The van der Waals surface area contributed by atoms with Gasteiger partial charge in [-0.15, -0.1) is 11.3 Å². The number of thiophene rings is 1. The van der Waals surface area contributed by atoms with Crippen LogP contribution in [0.5, 0.6) is 0 Å². The van der Waals surface area contributed by atoms with E-state index >= 15 is 0 Å². The van der Waals surface area contributed by atoms with Crippen LogP contribution in [0, 0.1) is 17.6 Å². The van der Waals surface area contributed by atoms with Crippen molar-refractivity contribution < 1.29 is 26.7 Å². The zero-order valence-corrected chi connectivity index (χ0v) is 18.2. The smallest absolute Gasteiger partial charge is 0.357 e. The number of aromatic nitrogens is 1. The summed E-state index contributed by atoms with van der Waals surface area (Å²) in [6.45, 7) is 1.23. The molecule has 0 saturated carbocycles. The van der Waals surface area contributed by atoms with E-state index in [2.05, 4.69) is 10.3 Å². The van der Waals surface area contributed by atoms with Crippen molar-refractivity contribution in [2.45, 2.75) is 25.6 Å². The molecule has 0 atom stereocenters. The first-order valence-corrected chi connectivity index (χ1v) is 11.2. The molecule has 1 aliphatic rings. The zero-order valence-electron chi connectivity index (χ0n) is 17.4. The van der Waals surface area contributed by atoms with Gasteiger partial charge in [0, 0.05) is 30.6 Å². The standard InChI is InChI=1S/C22H21F5N4OS/c23-16-3-1-2-13(18(16)24)10-29-21(32)14-11-33-20-15(22(25,26)27)8-17(30-19(14)20)31-6-4-12(9-28)5-7-31/h1-3,8,11-12H,4-7,9-10,28H2,(H,29,32). The van der Waals surface area contributed by atoms with Crippen molar-refractivity contribution in [3.63, 3.8) is 0 Å². The number of hydrogen-bond donors (Lipinski definition) is 2. The molecular formula is C22H21F5N4OS. The minimum absolute atomic E-state index is 0.0454. The molecule has 2 aromatic heterocycles. The molecular weight excluding hydrogens is 463 g/mol. The summed E-state index contributed by atoms with van der Waals surface area (Å²) in [5.74, 6) is -2.40. The summed E-state index contributed by atoms with van der Waals surface area (Å²) in [7, 11) is 0. The van der Waals surface area contributed by atoms with Gasteiger partial charge in [-0.25, -0.2) is 13.8 Å². The maximum Gasteiger partial charge on any atom is 0.417 e. The summed E-state index contributed by atoms with van der Waals surface area (Å²) in [5, 5.41) is 3.74. The van der Waals surface area contributed by atoms with Crippen molar-refractivity contribution in [2.24, 2.45) is 11.7 Å². The normalized spacial score (nSPS) is 15.3. The fourth-order valence-corrected chi connectivity index (χ4v) is 4.91. The summed E-state index contributed by atoms with van der Waals surface area (Å²) in [6, 6.07) is 4.59. The van der Waals surface area contributed by atoms with Gasteiger partial charge in [0.15, 0.2) is 11.6 Å².